The topological polar surface area (TPSA) is 141 Å². The van der Waals surface area contributed by atoms with Crippen LogP contribution in [-0.2, 0) is 21.4 Å². The van der Waals surface area contributed by atoms with Gasteiger partial charge in [-0.2, -0.15) is 0 Å². The fraction of sp³-hybridized carbons (Fsp3) is 0.583. The average Bonchev–Trinajstić information content (AvgIpc) is 3.53. The SMILES string of the molecule is CO[C@@H]1[C@@H](n2cc(-c3ccc(C)c(F)c3F)nn2)[C@@H](O)[C@@H](CO)O[C@@H]1Cc1cn(C2(CO)CCC2)nn1. The van der Waals surface area contributed by atoms with Crippen molar-refractivity contribution in [3.63, 3.8) is 0 Å². The summed E-state index contributed by atoms with van der Waals surface area (Å²) in [4.78, 5) is 0. The molecule has 3 heterocycles. The first-order valence-electron chi connectivity index (χ1n) is 12.2. The van der Waals surface area contributed by atoms with Crippen LogP contribution in [-0.4, -0.2) is 90.0 Å². The van der Waals surface area contributed by atoms with Crippen molar-refractivity contribution in [1.82, 2.24) is 30.0 Å². The van der Waals surface area contributed by atoms with Crippen molar-refractivity contribution in [2.75, 3.05) is 20.3 Å². The minimum atomic E-state index is -1.23. The number of hydrogen-bond acceptors (Lipinski definition) is 9. The third-order valence-electron chi connectivity index (χ3n) is 7.62. The number of aromatic nitrogens is 6. The van der Waals surface area contributed by atoms with Gasteiger partial charge in [-0.25, -0.2) is 18.1 Å². The Hall–Kier alpha value is -2.84. The molecule has 200 valence electrons. The quantitative estimate of drug-likeness (QED) is 0.395. The average molecular weight is 521 g/mol. The Morgan fingerprint density at radius 3 is 2.54 bits per heavy atom. The van der Waals surface area contributed by atoms with E-state index in [2.05, 4.69) is 20.6 Å². The minimum Gasteiger partial charge on any atom is -0.394 e. The zero-order valence-corrected chi connectivity index (χ0v) is 20.5. The van der Waals surface area contributed by atoms with Gasteiger partial charge in [0.25, 0.3) is 0 Å². The number of rotatable bonds is 8. The van der Waals surface area contributed by atoms with Gasteiger partial charge < -0.3 is 24.8 Å². The molecule has 1 saturated heterocycles. The van der Waals surface area contributed by atoms with Gasteiger partial charge in [0, 0.05) is 25.3 Å². The minimum absolute atomic E-state index is 0.0304. The molecule has 0 unspecified atom stereocenters. The number of hydrogen-bond donors (Lipinski definition) is 3. The summed E-state index contributed by atoms with van der Waals surface area (Å²) < 4.78 is 43.4. The monoisotopic (exact) mass is 520 g/mol. The molecule has 3 N–H and O–H groups in total. The second-order valence-electron chi connectivity index (χ2n) is 9.81. The second-order valence-corrected chi connectivity index (χ2v) is 9.81. The number of halogens is 2. The van der Waals surface area contributed by atoms with Gasteiger partial charge in [0.2, 0.25) is 0 Å². The van der Waals surface area contributed by atoms with E-state index in [9.17, 15) is 24.1 Å². The molecule has 0 amide bonds. The van der Waals surface area contributed by atoms with E-state index in [0.29, 0.717) is 5.69 Å². The largest absolute Gasteiger partial charge is 0.394 e. The van der Waals surface area contributed by atoms with E-state index in [0.717, 1.165) is 19.3 Å². The molecule has 2 fully saturated rings. The molecular weight excluding hydrogens is 490 g/mol. The number of benzene rings is 1. The summed E-state index contributed by atoms with van der Waals surface area (Å²) in [5, 5.41) is 47.3. The number of methoxy groups -OCH3 is 1. The predicted octanol–water partition coefficient (Wildman–Crippen LogP) is 0.914. The molecule has 0 radical (unpaired) electrons. The highest BCUT2D eigenvalue weighted by atomic mass is 19.2. The van der Waals surface area contributed by atoms with Gasteiger partial charge in [-0.3, -0.25) is 0 Å². The van der Waals surface area contributed by atoms with Crippen LogP contribution in [0, 0.1) is 18.6 Å². The van der Waals surface area contributed by atoms with Gasteiger partial charge in [-0.1, -0.05) is 16.5 Å². The van der Waals surface area contributed by atoms with E-state index in [1.165, 1.54) is 37.0 Å². The lowest BCUT2D eigenvalue weighted by Gasteiger charge is -2.43. The van der Waals surface area contributed by atoms with Crippen molar-refractivity contribution in [3.05, 3.63) is 47.4 Å². The molecule has 2 aromatic heterocycles. The van der Waals surface area contributed by atoms with Crippen LogP contribution in [0.5, 0.6) is 0 Å². The van der Waals surface area contributed by atoms with E-state index in [1.54, 1.807) is 10.9 Å². The molecular formula is C24H30F2N6O5. The van der Waals surface area contributed by atoms with Crippen LogP contribution in [0.25, 0.3) is 11.3 Å². The van der Waals surface area contributed by atoms with Gasteiger partial charge in [-0.15, -0.1) is 10.2 Å². The molecule has 0 spiro atoms. The Bertz CT molecular complexity index is 1240. The summed E-state index contributed by atoms with van der Waals surface area (Å²) in [5.74, 6) is -2.00. The molecule has 0 bridgehead atoms. The summed E-state index contributed by atoms with van der Waals surface area (Å²) >= 11 is 0. The van der Waals surface area contributed by atoms with E-state index >= 15 is 0 Å². The molecule has 2 aliphatic rings. The molecule has 1 saturated carbocycles. The Balaban J connectivity index is 1.43. The summed E-state index contributed by atoms with van der Waals surface area (Å²) in [6.07, 6.45) is 2.44. The molecule has 11 nitrogen and oxygen atoms in total. The van der Waals surface area contributed by atoms with Gasteiger partial charge >= 0.3 is 0 Å². The summed E-state index contributed by atoms with van der Waals surface area (Å²) in [6, 6.07) is 2.01. The fourth-order valence-corrected chi connectivity index (χ4v) is 5.19. The molecule has 5 atom stereocenters. The summed E-state index contributed by atoms with van der Waals surface area (Å²) in [5.41, 5.74) is 0.342. The first-order valence-corrected chi connectivity index (χ1v) is 12.2. The van der Waals surface area contributed by atoms with Gasteiger partial charge in [-0.05, 0) is 37.8 Å². The van der Waals surface area contributed by atoms with Crippen LogP contribution < -0.4 is 0 Å². The van der Waals surface area contributed by atoms with Crippen molar-refractivity contribution in [3.8, 4) is 11.3 Å². The standard InChI is InChI=1S/C24H30F2N6O5/c1-13-4-5-15(20(26)19(13)25)16-10-31(29-28-16)21-22(35)18(11-33)37-17(23(21)36-2)8-14-9-32(30-27-14)24(12-34)6-3-7-24/h4-5,9-10,17-18,21-23,33-35H,3,6-8,11-12H2,1-2H3/t17-,18-,21+,22+,23+/m1/s1. The summed E-state index contributed by atoms with van der Waals surface area (Å²) in [6.45, 7) is 0.964. The van der Waals surface area contributed by atoms with Crippen molar-refractivity contribution in [1.29, 1.82) is 0 Å². The molecule has 37 heavy (non-hydrogen) atoms. The highest BCUT2D eigenvalue weighted by Gasteiger charge is 2.47. The zero-order chi connectivity index (χ0) is 26.3. The van der Waals surface area contributed by atoms with Crippen molar-refractivity contribution < 1.29 is 33.6 Å². The highest BCUT2D eigenvalue weighted by Crippen LogP contribution is 2.39. The third kappa shape index (κ3) is 4.44. The number of aliphatic hydroxyl groups is 3. The van der Waals surface area contributed by atoms with Crippen LogP contribution in [0.4, 0.5) is 8.78 Å². The molecule has 5 rings (SSSR count). The lowest BCUT2D eigenvalue weighted by Crippen LogP contribution is -2.57. The van der Waals surface area contributed by atoms with Gasteiger partial charge in [0.1, 0.15) is 30.0 Å². The summed E-state index contributed by atoms with van der Waals surface area (Å²) in [7, 11) is 1.46. The van der Waals surface area contributed by atoms with Crippen molar-refractivity contribution >= 4 is 0 Å². The van der Waals surface area contributed by atoms with Crippen molar-refractivity contribution in [2.24, 2.45) is 0 Å². The van der Waals surface area contributed by atoms with Crippen LogP contribution in [0.15, 0.2) is 24.5 Å². The lowest BCUT2D eigenvalue weighted by molar-refractivity contribution is -0.212. The molecule has 13 heteroatoms. The molecule has 1 aliphatic carbocycles. The normalized spacial score (nSPS) is 27.3. The first-order chi connectivity index (χ1) is 17.8. The Kier molecular flexibility index (Phi) is 7.07. The fourth-order valence-electron chi connectivity index (χ4n) is 5.19. The van der Waals surface area contributed by atoms with E-state index in [4.69, 9.17) is 9.47 Å². The number of ether oxygens (including phenoxy) is 2. The van der Waals surface area contributed by atoms with Gasteiger partial charge in [0.15, 0.2) is 11.6 Å². The van der Waals surface area contributed by atoms with Crippen LogP contribution in [0.1, 0.15) is 36.6 Å². The highest BCUT2D eigenvalue weighted by molar-refractivity contribution is 5.59. The van der Waals surface area contributed by atoms with E-state index < -0.39 is 54.2 Å². The Morgan fingerprint density at radius 1 is 1.11 bits per heavy atom. The maximum Gasteiger partial charge on any atom is 0.168 e. The maximum atomic E-state index is 14.6. The zero-order valence-electron chi connectivity index (χ0n) is 20.5. The Morgan fingerprint density at radius 2 is 1.89 bits per heavy atom. The van der Waals surface area contributed by atoms with Crippen LogP contribution in [0.2, 0.25) is 0 Å². The number of aryl methyl sites for hydroxylation is 1. The molecule has 3 aromatic rings. The van der Waals surface area contributed by atoms with E-state index in [-0.39, 0.29) is 29.8 Å². The van der Waals surface area contributed by atoms with Crippen LogP contribution >= 0.6 is 0 Å². The first kappa shape index (κ1) is 25.8. The third-order valence-corrected chi connectivity index (χ3v) is 7.62. The Labute approximate surface area is 211 Å². The second kappa shape index (κ2) is 10.1. The maximum absolute atomic E-state index is 14.6. The smallest absolute Gasteiger partial charge is 0.168 e. The lowest BCUT2D eigenvalue weighted by atomic mass is 9.77. The van der Waals surface area contributed by atoms with E-state index in [1.807, 2.05) is 0 Å². The molecule has 1 aliphatic heterocycles. The van der Waals surface area contributed by atoms with Gasteiger partial charge in [0.05, 0.1) is 36.7 Å². The van der Waals surface area contributed by atoms with Crippen molar-refractivity contribution in [2.45, 2.75) is 68.6 Å². The predicted molar refractivity (Wildman–Crippen MR) is 124 cm³/mol. The number of aliphatic hydroxyl groups excluding tert-OH is 3. The molecule has 1 aromatic carbocycles. The number of nitrogens with zero attached hydrogens (tertiary/aromatic N) is 6. The van der Waals surface area contributed by atoms with Crippen LogP contribution in [0.3, 0.4) is 0 Å².